The molecule has 0 aliphatic carbocycles. The summed E-state index contributed by atoms with van der Waals surface area (Å²) in [6.07, 6.45) is 4.28. The van der Waals surface area contributed by atoms with Crippen LogP contribution in [0.5, 0.6) is 5.75 Å². The number of hydrogen-bond donors (Lipinski definition) is 2. The van der Waals surface area contributed by atoms with E-state index < -0.39 is 0 Å². The molecular formula is C26H33N3O4. The third-order valence-electron chi connectivity index (χ3n) is 6.24. The molecule has 1 unspecified atom stereocenters. The Kier molecular flexibility index (Phi) is 7.83. The minimum atomic E-state index is -0.194. The number of amides is 2. The number of ether oxygens (including phenoxy) is 2. The van der Waals surface area contributed by atoms with Crippen LogP contribution in [0.2, 0.25) is 0 Å². The van der Waals surface area contributed by atoms with Gasteiger partial charge in [-0.25, -0.2) is 0 Å². The zero-order valence-electron chi connectivity index (χ0n) is 19.2. The minimum Gasteiger partial charge on any atom is -0.489 e. The number of para-hydroxylation sites is 2. The highest BCUT2D eigenvalue weighted by Crippen LogP contribution is 2.25. The predicted molar refractivity (Wildman–Crippen MR) is 129 cm³/mol. The van der Waals surface area contributed by atoms with Crippen molar-refractivity contribution in [2.45, 2.75) is 38.7 Å². The topological polar surface area (TPSA) is 79.9 Å². The number of hydrogen-bond acceptors (Lipinski definition) is 5. The summed E-state index contributed by atoms with van der Waals surface area (Å²) in [5.41, 5.74) is 1.97. The van der Waals surface area contributed by atoms with E-state index in [1.165, 1.54) is 0 Å². The van der Waals surface area contributed by atoms with Gasteiger partial charge in [0, 0.05) is 30.9 Å². The van der Waals surface area contributed by atoms with Crippen LogP contribution >= 0.6 is 0 Å². The number of piperidine rings is 1. The molecule has 1 atom stereocenters. The average molecular weight is 452 g/mol. The fourth-order valence-electron chi connectivity index (χ4n) is 4.20. The number of rotatable bonds is 8. The van der Waals surface area contributed by atoms with Crippen molar-refractivity contribution in [1.29, 1.82) is 0 Å². The van der Waals surface area contributed by atoms with E-state index in [1.807, 2.05) is 29.2 Å². The van der Waals surface area contributed by atoms with Gasteiger partial charge in [0.2, 0.25) is 5.91 Å². The van der Waals surface area contributed by atoms with Crippen molar-refractivity contribution < 1.29 is 19.1 Å². The molecule has 0 bridgehead atoms. The molecule has 2 heterocycles. The Morgan fingerprint density at radius 3 is 2.70 bits per heavy atom. The fraction of sp³-hybridized carbons (Fsp3) is 0.462. The summed E-state index contributed by atoms with van der Waals surface area (Å²) >= 11 is 0. The highest BCUT2D eigenvalue weighted by Gasteiger charge is 2.22. The number of benzene rings is 2. The lowest BCUT2D eigenvalue weighted by Crippen LogP contribution is -2.37. The lowest BCUT2D eigenvalue weighted by Gasteiger charge is -2.30. The molecule has 2 fully saturated rings. The van der Waals surface area contributed by atoms with E-state index in [9.17, 15) is 9.59 Å². The molecule has 7 nitrogen and oxygen atoms in total. The van der Waals surface area contributed by atoms with Crippen molar-refractivity contribution in [3.63, 3.8) is 0 Å². The first-order valence-corrected chi connectivity index (χ1v) is 11.8. The minimum absolute atomic E-state index is 0.0217. The first-order valence-electron chi connectivity index (χ1n) is 11.8. The third kappa shape index (κ3) is 6.48. The Balaban J connectivity index is 1.30. The summed E-state index contributed by atoms with van der Waals surface area (Å²) in [4.78, 5) is 27.3. The highest BCUT2D eigenvalue weighted by atomic mass is 16.5. The molecule has 0 radical (unpaired) electrons. The summed E-state index contributed by atoms with van der Waals surface area (Å²) in [5.74, 6) is 1.19. The molecule has 2 aromatic rings. The smallest absolute Gasteiger partial charge is 0.253 e. The highest BCUT2D eigenvalue weighted by molar-refractivity contribution is 5.98. The molecule has 2 N–H and O–H groups in total. The Morgan fingerprint density at radius 1 is 1.09 bits per heavy atom. The molecule has 2 saturated heterocycles. The van der Waals surface area contributed by atoms with Crippen LogP contribution in [0.15, 0.2) is 48.5 Å². The van der Waals surface area contributed by atoms with Crippen molar-refractivity contribution in [1.82, 2.24) is 4.90 Å². The summed E-state index contributed by atoms with van der Waals surface area (Å²) in [7, 11) is 0. The molecular weight excluding hydrogens is 418 g/mol. The zero-order valence-corrected chi connectivity index (χ0v) is 19.2. The van der Waals surface area contributed by atoms with Crippen molar-refractivity contribution in [3.8, 4) is 5.75 Å². The second kappa shape index (κ2) is 11.2. The predicted octanol–water partition coefficient (Wildman–Crippen LogP) is 4.17. The molecule has 7 heteroatoms. The Morgan fingerprint density at radius 2 is 1.91 bits per heavy atom. The molecule has 2 aromatic carbocycles. The maximum atomic E-state index is 12.8. The van der Waals surface area contributed by atoms with Gasteiger partial charge in [-0.15, -0.1) is 0 Å². The van der Waals surface area contributed by atoms with Gasteiger partial charge in [0.25, 0.3) is 5.91 Å². The second-order valence-electron chi connectivity index (χ2n) is 8.90. The Bertz CT molecular complexity index is 950. The van der Waals surface area contributed by atoms with Gasteiger partial charge in [0.05, 0.1) is 18.3 Å². The number of carbonyl (C=O) groups is 2. The van der Waals surface area contributed by atoms with Gasteiger partial charge >= 0.3 is 0 Å². The van der Waals surface area contributed by atoms with E-state index in [0.717, 1.165) is 51.1 Å². The van der Waals surface area contributed by atoms with Crippen LogP contribution in [0, 0.1) is 5.92 Å². The second-order valence-corrected chi connectivity index (χ2v) is 8.90. The Labute approximate surface area is 195 Å². The van der Waals surface area contributed by atoms with Gasteiger partial charge in [0.1, 0.15) is 12.4 Å². The maximum absolute atomic E-state index is 12.8. The van der Waals surface area contributed by atoms with E-state index in [-0.39, 0.29) is 24.5 Å². The molecule has 0 spiro atoms. The van der Waals surface area contributed by atoms with E-state index in [1.54, 1.807) is 24.3 Å². The number of likely N-dealkylation sites (tertiary alicyclic amines) is 1. The maximum Gasteiger partial charge on any atom is 0.253 e. The number of nitrogens with one attached hydrogen (secondary N) is 2. The Hall–Kier alpha value is -3.06. The molecule has 33 heavy (non-hydrogen) atoms. The van der Waals surface area contributed by atoms with E-state index in [2.05, 4.69) is 17.6 Å². The van der Waals surface area contributed by atoms with Crippen molar-refractivity contribution in [3.05, 3.63) is 54.1 Å². The van der Waals surface area contributed by atoms with Gasteiger partial charge in [-0.2, -0.15) is 0 Å². The number of carbonyl (C=O) groups excluding carboxylic acids is 2. The van der Waals surface area contributed by atoms with E-state index in [4.69, 9.17) is 9.47 Å². The molecule has 0 aromatic heterocycles. The molecule has 2 amide bonds. The quantitative estimate of drug-likeness (QED) is 0.630. The van der Waals surface area contributed by atoms with Crippen LogP contribution in [0.3, 0.4) is 0 Å². The average Bonchev–Trinajstić information content (AvgIpc) is 3.36. The molecule has 176 valence electrons. The van der Waals surface area contributed by atoms with Gasteiger partial charge < -0.3 is 25.0 Å². The van der Waals surface area contributed by atoms with Gasteiger partial charge in [-0.1, -0.05) is 25.1 Å². The first kappa shape index (κ1) is 23.1. The fourth-order valence-corrected chi connectivity index (χ4v) is 4.20. The van der Waals surface area contributed by atoms with Crippen LogP contribution in [0.4, 0.5) is 11.4 Å². The summed E-state index contributed by atoms with van der Waals surface area (Å²) in [6.45, 7) is 5.17. The molecule has 4 rings (SSSR count). The van der Waals surface area contributed by atoms with Crippen LogP contribution in [-0.2, 0) is 9.53 Å². The summed E-state index contributed by atoms with van der Waals surface area (Å²) in [6, 6.07) is 14.7. The summed E-state index contributed by atoms with van der Waals surface area (Å²) < 4.78 is 11.5. The molecule has 2 aliphatic rings. The lowest BCUT2D eigenvalue weighted by atomic mass is 9.98. The lowest BCUT2D eigenvalue weighted by molar-refractivity contribution is -0.114. The molecule has 0 saturated carbocycles. The van der Waals surface area contributed by atoms with Gasteiger partial charge in [-0.05, 0) is 61.9 Å². The van der Waals surface area contributed by atoms with Crippen LogP contribution in [0.1, 0.15) is 43.0 Å². The van der Waals surface area contributed by atoms with Crippen LogP contribution in [0.25, 0.3) is 0 Å². The van der Waals surface area contributed by atoms with E-state index >= 15 is 0 Å². The SMILES string of the molecule is CC1CCN(C(=O)c2cccc(NC(=O)CNc3ccccc3OCC3CCCO3)c2)CC1. The number of nitrogens with zero attached hydrogens (tertiary/aromatic N) is 1. The third-order valence-corrected chi connectivity index (χ3v) is 6.24. The normalized spacial score (nSPS) is 18.7. The van der Waals surface area contributed by atoms with Crippen molar-refractivity contribution in [2.24, 2.45) is 5.92 Å². The molecule has 2 aliphatic heterocycles. The van der Waals surface area contributed by atoms with Crippen LogP contribution < -0.4 is 15.4 Å². The van der Waals surface area contributed by atoms with Crippen LogP contribution in [-0.4, -0.2) is 55.7 Å². The zero-order chi connectivity index (χ0) is 23.0. The van der Waals surface area contributed by atoms with Crippen molar-refractivity contribution in [2.75, 3.05) is 43.5 Å². The number of anilines is 2. The standard InChI is InChI=1S/C26H33N3O4/c1-19-11-13-29(14-12-19)26(31)20-6-4-7-21(16-20)28-25(30)17-27-23-9-2-3-10-24(23)33-18-22-8-5-15-32-22/h2-4,6-7,9-10,16,19,22,27H,5,8,11-15,17-18H2,1H3,(H,28,30). The first-order chi connectivity index (χ1) is 16.1. The largest absolute Gasteiger partial charge is 0.489 e. The van der Waals surface area contributed by atoms with Crippen molar-refractivity contribution >= 4 is 23.2 Å². The van der Waals surface area contributed by atoms with E-state index in [0.29, 0.717) is 29.5 Å². The van der Waals surface area contributed by atoms with Gasteiger partial charge in [0.15, 0.2) is 0 Å². The van der Waals surface area contributed by atoms with Gasteiger partial charge in [-0.3, -0.25) is 9.59 Å². The monoisotopic (exact) mass is 451 g/mol. The summed E-state index contributed by atoms with van der Waals surface area (Å²) in [5, 5.41) is 6.03.